The molecule has 2 saturated carbocycles. The standard InChI is InChI=1S/C25H46O3SSi/c1-9-30(10-2,11-3)27-23-13-12-17-25(8)21(14-15-22(23)25)19-20(4)16-18-29(26)28-24(5,6)7/h16,18-19,21-23H,9-15,17H2,1-8H3/b18-16+,20-19+/t21-,22+,23+,25-,29?/m1/s1. The van der Waals surface area contributed by atoms with E-state index in [1.807, 2.05) is 26.8 Å². The van der Waals surface area contributed by atoms with Crippen LogP contribution in [0.15, 0.2) is 23.1 Å². The molecular formula is C25H46O3SSi. The third-order valence-electron chi connectivity index (χ3n) is 7.71. The van der Waals surface area contributed by atoms with Crippen LogP contribution in [0.5, 0.6) is 0 Å². The van der Waals surface area contributed by atoms with Gasteiger partial charge in [-0.1, -0.05) is 45.8 Å². The molecular weight excluding hydrogens is 408 g/mol. The lowest BCUT2D eigenvalue weighted by Crippen LogP contribution is -2.47. The molecule has 0 aromatic carbocycles. The zero-order chi connectivity index (χ0) is 22.6. The lowest BCUT2D eigenvalue weighted by Gasteiger charge is -2.47. The minimum absolute atomic E-state index is 0.328. The first kappa shape index (κ1) is 26.0. The third kappa shape index (κ3) is 6.40. The van der Waals surface area contributed by atoms with E-state index < -0.39 is 25.0 Å². The van der Waals surface area contributed by atoms with Gasteiger partial charge in [-0.2, -0.15) is 0 Å². The van der Waals surface area contributed by atoms with Crippen LogP contribution in [0.3, 0.4) is 0 Å². The Labute approximate surface area is 189 Å². The highest BCUT2D eigenvalue weighted by Gasteiger charge is 2.52. The lowest BCUT2D eigenvalue weighted by molar-refractivity contribution is -0.000567. The fraction of sp³-hybridized carbons (Fsp3) is 0.840. The normalized spacial score (nSPS) is 31.9. The van der Waals surface area contributed by atoms with E-state index in [9.17, 15) is 4.21 Å². The van der Waals surface area contributed by atoms with Gasteiger partial charge in [0.2, 0.25) is 0 Å². The van der Waals surface area contributed by atoms with Crippen LogP contribution in [0.4, 0.5) is 0 Å². The molecule has 5 atom stereocenters. The van der Waals surface area contributed by atoms with Crippen LogP contribution in [-0.4, -0.2) is 24.2 Å². The average Bonchev–Trinajstić information content (AvgIpc) is 3.00. The van der Waals surface area contributed by atoms with Crippen LogP contribution < -0.4 is 0 Å². The van der Waals surface area contributed by atoms with Crippen molar-refractivity contribution < 1.29 is 12.8 Å². The maximum Gasteiger partial charge on any atom is 0.192 e. The van der Waals surface area contributed by atoms with E-state index >= 15 is 0 Å². The molecule has 0 bridgehead atoms. The Balaban J connectivity index is 2.11. The Hall–Kier alpha value is -0.233. The summed E-state index contributed by atoms with van der Waals surface area (Å²) in [4.78, 5) is 0. The smallest absolute Gasteiger partial charge is 0.192 e. The highest BCUT2D eigenvalue weighted by Crippen LogP contribution is 2.57. The SMILES string of the molecule is CC[Si](CC)(CC)O[C@H]1CCC[C@]2(C)[C@@H](/C=C(C)/C=C/S(=O)OC(C)(C)C)CC[C@@H]12. The van der Waals surface area contributed by atoms with Gasteiger partial charge in [-0.05, 0) is 94.8 Å². The maximum atomic E-state index is 12.1. The van der Waals surface area contributed by atoms with Crippen LogP contribution >= 0.6 is 0 Å². The minimum atomic E-state index is -1.57. The van der Waals surface area contributed by atoms with E-state index in [4.69, 9.17) is 8.61 Å². The lowest BCUT2D eigenvalue weighted by atomic mass is 9.64. The van der Waals surface area contributed by atoms with Crippen molar-refractivity contribution >= 4 is 19.4 Å². The van der Waals surface area contributed by atoms with E-state index in [1.165, 1.54) is 55.8 Å². The van der Waals surface area contributed by atoms with Gasteiger partial charge in [-0.15, -0.1) is 0 Å². The first-order valence-corrected chi connectivity index (χ1v) is 15.8. The number of rotatable bonds is 9. The van der Waals surface area contributed by atoms with Gasteiger partial charge in [0.05, 0.1) is 5.60 Å². The van der Waals surface area contributed by atoms with Crippen LogP contribution in [0, 0.1) is 17.3 Å². The van der Waals surface area contributed by atoms with Crippen LogP contribution in [0.25, 0.3) is 0 Å². The predicted octanol–water partition coefficient (Wildman–Crippen LogP) is 7.53. The molecule has 2 aliphatic rings. The molecule has 0 heterocycles. The van der Waals surface area contributed by atoms with E-state index in [0.717, 1.165) is 0 Å². The molecule has 3 nitrogen and oxygen atoms in total. The molecule has 0 saturated heterocycles. The summed E-state index contributed by atoms with van der Waals surface area (Å²) in [5.41, 5.74) is 1.12. The summed E-state index contributed by atoms with van der Waals surface area (Å²) in [5, 5.41) is 1.68. The van der Waals surface area contributed by atoms with Crippen molar-refractivity contribution in [3.8, 4) is 0 Å². The monoisotopic (exact) mass is 454 g/mol. The summed E-state index contributed by atoms with van der Waals surface area (Å²) in [6.07, 6.45) is 11.2. The van der Waals surface area contributed by atoms with Crippen molar-refractivity contribution in [3.05, 3.63) is 23.1 Å². The van der Waals surface area contributed by atoms with Gasteiger partial charge in [-0.3, -0.25) is 4.18 Å². The second-order valence-electron chi connectivity index (χ2n) is 10.8. The number of hydrogen-bond acceptors (Lipinski definition) is 3. The van der Waals surface area contributed by atoms with E-state index in [0.29, 0.717) is 23.4 Å². The summed E-state index contributed by atoms with van der Waals surface area (Å²) in [6, 6.07) is 3.71. The molecule has 1 unspecified atom stereocenters. The summed E-state index contributed by atoms with van der Waals surface area (Å²) >= 11 is -1.39. The van der Waals surface area contributed by atoms with E-state index in [2.05, 4.69) is 40.7 Å². The van der Waals surface area contributed by atoms with Gasteiger partial charge in [0.15, 0.2) is 19.4 Å². The highest BCUT2D eigenvalue weighted by atomic mass is 32.2. The third-order valence-corrected chi connectivity index (χ3v) is 13.4. The molecule has 0 spiro atoms. The number of allylic oxidation sites excluding steroid dienone is 3. The zero-order valence-corrected chi connectivity index (χ0v) is 22.6. The molecule has 174 valence electrons. The second-order valence-corrected chi connectivity index (χ2v) is 16.4. The van der Waals surface area contributed by atoms with Gasteiger partial charge >= 0.3 is 0 Å². The average molecular weight is 455 g/mol. The van der Waals surface area contributed by atoms with Crippen molar-refractivity contribution in [1.29, 1.82) is 0 Å². The molecule has 0 aliphatic heterocycles. The van der Waals surface area contributed by atoms with Crippen molar-refractivity contribution in [3.63, 3.8) is 0 Å². The van der Waals surface area contributed by atoms with Crippen LogP contribution in [0.1, 0.15) is 87.5 Å². The fourth-order valence-corrected chi connectivity index (χ4v) is 9.50. The van der Waals surface area contributed by atoms with Gasteiger partial charge in [0.1, 0.15) is 0 Å². The molecule has 2 fully saturated rings. The Morgan fingerprint density at radius 1 is 1.13 bits per heavy atom. The maximum absolute atomic E-state index is 12.1. The number of hydrogen-bond donors (Lipinski definition) is 0. The zero-order valence-electron chi connectivity index (χ0n) is 20.8. The minimum Gasteiger partial charge on any atom is -0.414 e. The predicted molar refractivity (Wildman–Crippen MR) is 132 cm³/mol. The number of fused-ring (bicyclic) bond motifs is 1. The first-order chi connectivity index (χ1) is 14.0. The Bertz CT molecular complexity index is 639. The molecule has 2 aliphatic carbocycles. The topological polar surface area (TPSA) is 35.5 Å². The summed E-state index contributed by atoms with van der Waals surface area (Å²) in [7, 11) is -1.57. The van der Waals surface area contributed by atoms with Crippen LogP contribution in [-0.2, 0) is 19.7 Å². The molecule has 0 aromatic heterocycles. The Kier molecular flexibility index (Phi) is 9.18. The molecule has 5 heteroatoms. The molecule has 30 heavy (non-hydrogen) atoms. The van der Waals surface area contributed by atoms with Crippen LogP contribution in [0.2, 0.25) is 18.1 Å². The van der Waals surface area contributed by atoms with Gasteiger partial charge < -0.3 is 4.43 Å². The van der Waals surface area contributed by atoms with Crippen molar-refractivity contribution in [1.82, 2.24) is 0 Å². The molecule has 0 amide bonds. The van der Waals surface area contributed by atoms with Crippen molar-refractivity contribution in [2.45, 2.75) is 117 Å². The summed E-state index contributed by atoms with van der Waals surface area (Å²) in [6.45, 7) is 17.4. The second kappa shape index (κ2) is 10.6. The highest BCUT2D eigenvalue weighted by molar-refractivity contribution is 7.83. The van der Waals surface area contributed by atoms with E-state index in [1.54, 1.807) is 5.41 Å². The Morgan fingerprint density at radius 2 is 1.77 bits per heavy atom. The van der Waals surface area contributed by atoms with Gasteiger partial charge in [0, 0.05) is 11.5 Å². The Morgan fingerprint density at radius 3 is 2.33 bits per heavy atom. The molecule has 0 aromatic rings. The molecule has 2 rings (SSSR count). The quantitative estimate of drug-likeness (QED) is 0.267. The van der Waals surface area contributed by atoms with Crippen molar-refractivity contribution in [2.24, 2.45) is 17.3 Å². The summed E-state index contributed by atoms with van der Waals surface area (Å²) in [5.74, 6) is 1.26. The van der Waals surface area contributed by atoms with E-state index in [-0.39, 0.29) is 0 Å². The largest absolute Gasteiger partial charge is 0.414 e. The fourth-order valence-electron chi connectivity index (χ4n) is 5.71. The first-order valence-electron chi connectivity index (χ1n) is 12.1. The molecule has 0 radical (unpaired) electrons. The molecule has 0 N–H and O–H groups in total. The van der Waals surface area contributed by atoms with Crippen molar-refractivity contribution in [2.75, 3.05) is 0 Å². The van der Waals surface area contributed by atoms with Gasteiger partial charge in [0.25, 0.3) is 0 Å². The van der Waals surface area contributed by atoms with Gasteiger partial charge in [-0.25, -0.2) is 4.21 Å². The summed E-state index contributed by atoms with van der Waals surface area (Å²) < 4.78 is 24.6.